The van der Waals surface area contributed by atoms with Crippen LogP contribution < -0.4 is 0 Å². The summed E-state index contributed by atoms with van der Waals surface area (Å²) in [5, 5.41) is 0.833. The van der Waals surface area contributed by atoms with Crippen LogP contribution in [0.2, 0.25) is 4.34 Å². The number of ketones is 1. The van der Waals surface area contributed by atoms with Gasteiger partial charge < -0.3 is 9.30 Å². The molecule has 3 rings (SSSR count). The zero-order chi connectivity index (χ0) is 16.2. The molecule has 1 aromatic carbocycles. The SMILES string of the molecule is COCCn1c(SCC(=O)c2ccc(Cl)s2)nc2ccccc21. The molecular weight excluding hydrogens is 352 g/mol. The molecule has 0 fully saturated rings. The molecule has 0 N–H and O–H groups in total. The number of hydrogen-bond donors (Lipinski definition) is 0. The monoisotopic (exact) mass is 366 g/mol. The largest absolute Gasteiger partial charge is 0.383 e. The third-order valence-corrected chi connectivity index (χ3v) is 5.57. The van der Waals surface area contributed by atoms with Gasteiger partial charge in [0.2, 0.25) is 0 Å². The van der Waals surface area contributed by atoms with Crippen LogP contribution in [-0.4, -0.2) is 34.8 Å². The van der Waals surface area contributed by atoms with Crippen molar-refractivity contribution in [2.45, 2.75) is 11.7 Å². The minimum absolute atomic E-state index is 0.0669. The summed E-state index contributed by atoms with van der Waals surface area (Å²) in [5.74, 6) is 0.407. The maximum absolute atomic E-state index is 12.2. The second-order valence-corrected chi connectivity index (χ2v) is 7.50. The molecule has 0 saturated carbocycles. The minimum atomic E-state index is 0.0669. The molecule has 0 radical (unpaired) electrons. The minimum Gasteiger partial charge on any atom is -0.383 e. The number of methoxy groups -OCH3 is 1. The van der Waals surface area contributed by atoms with Crippen molar-refractivity contribution >= 4 is 51.5 Å². The Hall–Kier alpha value is -1.34. The van der Waals surface area contributed by atoms with Gasteiger partial charge in [-0.3, -0.25) is 4.79 Å². The number of halogens is 1. The molecule has 7 heteroatoms. The Bertz CT molecular complexity index is 828. The lowest BCUT2D eigenvalue weighted by Gasteiger charge is -2.07. The van der Waals surface area contributed by atoms with E-state index in [1.54, 1.807) is 19.2 Å². The van der Waals surface area contributed by atoms with E-state index in [1.807, 2.05) is 24.3 Å². The van der Waals surface area contributed by atoms with Gasteiger partial charge in [0, 0.05) is 13.7 Å². The molecule has 23 heavy (non-hydrogen) atoms. The maximum atomic E-state index is 12.2. The fourth-order valence-corrected chi connectivity index (χ4v) is 4.22. The van der Waals surface area contributed by atoms with Crippen LogP contribution >= 0.6 is 34.7 Å². The number of aromatic nitrogens is 2. The van der Waals surface area contributed by atoms with E-state index in [4.69, 9.17) is 16.3 Å². The van der Waals surface area contributed by atoms with Gasteiger partial charge in [-0.2, -0.15) is 0 Å². The lowest BCUT2D eigenvalue weighted by molar-refractivity contribution is 0.102. The summed E-state index contributed by atoms with van der Waals surface area (Å²) in [6.07, 6.45) is 0. The summed E-state index contributed by atoms with van der Waals surface area (Å²) in [4.78, 5) is 17.6. The van der Waals surface area contributed by atoms with E-state index in [0.717, 1.165) is 16.2 Å². The number of rotatable bonds is 7. The van der Waals surface area contributed by atoms with Gasteiger partial charge in [-0.05, 0) is 24.3 Å². The van der Waals surface area contributed by atoms with Crippen molar-refractivity contribution in [3.63, 3.8) is 0 Å². The molecule has 3 aromatic rings. The molecule has 0 aliphatic carbocycles. The van der Waals surface area contributed by atoms with Crippen LogP contribution in [0.5, 0.6) is 0 Å². The van der Waals surface area contributed by atoms with Gasteiger partial charge >= 0.3 is 0 Å². The smallest absolute Gasteiger partial charge is 0.183 e. The van der Waals surface area contributed by atoms with Gasteiger partial charge in [0.1, 0.15) is 0 Å². The number of benzene rings is 1. The summed E-state index contributed by atoms with van der Waals surface area (Å²) in [6.45, 7) is 1.31. The van der Waals surface area contributed by atoms with Crippen molar-refractivity contribution in [2.75, 3.05) is 19.5 Å². The van der Waals surface area contributed by atoms with E-state index in [2.05, 4.69) is 9.55 Å². The normalized spacial score (nSPS) is 11.2. The number of carbonyl (C=O) groups excluding carboxylic acids is 1. The van der Waals surface area contributed by atoms with Crippen LogP contribution in [0, 0.1) is 0 Å². The number of thiophene rings is 1. The van der Waals surface area contributed by atoms with Gasteiger partial charge in [-0.1, -0.05) is 35.5 Å². The average molecular weight is 367 g/mol. The van der Waals surface area contributed by atoms with Crippen LogP contribution in [0.25, 0.3) is 11.0 Å². The van der Waals surface area contributed by atoms with Gasteiger partial charge in [-0.15, -0.1) is 11.3 Å². The molecule has 0 aliphatic rings. The average Bonchev–Trinajstić information content (AvgIpc) is 3.14. The van der Waals surface area contributed by atoms with E-state index in [0.29, 0.717) is 28.1 Å². The second-order valence-electron chi connectivity index (χ2n) is 4.84. The topological polar surface area (TPSA) is 44.1 Å². The lowest BCUT2D eigenvalue weighted by Crippen LogP contribution is -2.07. The van der Waals surface area contributed by atoms with Crippen LogP contribution in [0.15, 0.2) is 41.6 Å². The van der Waals surface area contributed by atoms with E-state index < -0.39 is 0 Å². The Morgan fingerprint density at radius 3 is 2.91 bits per heavy atom. The third-order valence-electron chi connectivity index (χ3n) is 3.32. The summed E-state index contributed by atoms with van der Waals surface area (Å²) in [6, 6.07) is 11.5. The highest BCUT2D eigenvalue weighted by molar-refractivity contribution is 7.99. The summed E-state index contributed by atoms with van der Waals surface area (Å²) in [7, 11) is 1.68. The molecule has 0 saturated heterocycles. The molecule has 0 amide bonds. The molecule has 0 spiro atoms. The zero-order valence-electron chi connectivity index (χ0n) is 12.5. The number of hydrogen-bond acceptors (Lipinski definition) is 5. The predicted molar refractivity (Wildman–Crippen MR) is 96.0 cm³/mol. The molecule has 0 atom stereocenters. The first-order chi connectivity index (χ1) is 11.2. The van der Waals surface area contributed by atoms with Crippen LogP contribution in [0.3, 0.4) is 0 Å². The first kappa shape index (κ1) is 16.5. The fourth-order valence-electron chi connectivity index (χ4n) is 2.23. The second kappa shape index (κ2) is 7.49. The van der Waals surface area contributed by atoms with Crippen molar-refractivity contribution in [1.29, 1.82) is 0 Å². The highest BCUT2D eigenvalue weighted by Crippen LogP contribution is 2.27. The van der Waals surface area contributed by atoms with E-state index in [-0.39, 0.29) is 5.78 Å². The van der Waals surface area contributed by atoms with Crippen LogP contribution in [-0.2, 0) is 11.3 Å². The standard InChI is InChI=1S/C16H15ClN2O2S2/c1-21-9-8-19-12-5-3-2-4-11(12)18-16(19)22-10-13(20)14-6-7-15(17)23-14/h2-7H,8-10H2,1H3. The first-order valence-electron chi connectivity index (χ1n) is 7.04. The fraction of sp³-hybridized carbons (Fsp3) is 0.250. The highest BCUT2D eigenvalue weighted by Gasteiger charge is 2.14. The Balaban J connectivity index is 1.80. The van der Waals surface area contributed by atoms with E-state index >= 15 is 0 Å². The molecule has 120 valence electrons. The van der Waals surface area contributed by atoms with Crippen molar-refractivity contribution < 1.29 is 9.53 Å². The summed E-state index contributed by atoms with van der Waals surface area (Å²) < 4.78 is 7.90. The number of nitrogens with zero attached hydrogens (tertiary/aromatic N) is 2. The third kappa shape index (κ3) is 3.77. The number of thioether (sulfide) groups is 1. The summed E-state index contributed by atoms with van der Waals surface area (Å²) >= 11 is 8.64. The van der Waals surface area contributed by atoms with Crippen molar-refractivity contribution in [1.82, 2.24) is 9.55 Å². The molecule has 0 aliphatic heterocycles. The first-order valence-corrected chi connectivity index (χ1v) is 9.22. The van der Waals surface area contributed by atoms with Crippen molar-refractivity contribution in [3.05, 3.63) is 45.6 Å². The number of para-hydroxylation sites is 2. The number of ether oxygens (including phenoxy) is 1. The number of imidazole rings is 1. The molecular formula is C16H15ClN2O2S2. The van der Waals surface area contributed by atoms with Gasteiger partial charge in [-0.25, -0.2) is 4.98 Å². The molecule has 4 nitrogen and oxygen atoms in total. The van der Waals surface area contributed by atoms with Gasteiger partial charge in [0.05, 0.1) is 32.6 Å². The van der Waals surface area contributed by atoms with Crippen molar-refractivity contribution in [3.8, 4) is 0 Å². The Kier molecular flexibility index (Phi) is 5.38. The zero-order valence-corrected chi connectivity index (χ0v) is 14.9. The quantitative estimate of drug-likeness (QED) is 0.460. The van der Waals surface area contributed by atoms with Crippen molar-refractivity contribution in [2.24, 2.45) is 0 Å². The van der Waals surface area contributed by atoms with Crippen LogP contribution in [0.4, 0.5) is 0 Å². The number of Topliss-reactive ketones (excluding diaryl/α,β-unsaturated/α-hetero) is 1. The highest BCUT2D eigenvalue weighted by atomic mass is 35.5. The summed E-state index contributed by atoms with van der Waals surface area (Å²) in [5.41, 5.74) is 1.98. The number of carbonyl (C=O) groups is 1. The molecule has 0 unspecified atom stereocenters. The Morgan fingerprint density at radius 1 is 1.35 bits per heavy atom. The van der Waals surface area contributed by atoms with Gasteiger partial charge in [0.15, 0.2) is 10.9 Å². The van der Waals surface area contributed by atoms with Crippen LogP contribution in [0.1, 0.15) is 9.67 Å². The lowest BCUT2D eigenvalue weighted by atomic mass is 10.3. The van der Waals surface area contributed by atoms with E-state index in [9.17, 15) is 4.79 Å². The van der Waals surface area contributed by atoms with Gasteiger partial charge in [0.25, 0.3) is 0 Å². The molecule has 2 heterocycles. The maximum Gasteiger partial charge on any atom is 0.183 e. The number of fused-ring (bicyclic) bond motifs is 1. The molecule has 0 bridgehead atoms. The molecule has 2 aromatic heterocycles. The predicted octanol–water partition coefficient (Wildman–Crippen LogP) is 4.37. The van der Waals surface area contributed by atoms with E-state index in [1.165, 1.54) is 23.1 Å². The Labute approximate surface area is 147 Å². The Morgan fingerprint density at radius 2 is 2.17 bits per heavy atom.